The lowest BCUT2D eigenvalue weighted by Gasteiger charge is -2.37. The van der Waals surface area contributed by atoms with Crippen molar-refractivity contribution in [1.29, 1.82) is 0 Å². The van der Waals surface area contributed by atoms with E-state index < -0.39 is 9.04 Å². The second kappa shape index (κ2) is 5.33. The predicted molar refractivity (Wildman–Crippen MR) is 70.1 cm³/mol. The average Bonchev–Trinajstić information content (AvgIpc) is 2.15. The number of aliphatic hydroxyl groups is 1. The molecule has 1 fully saturated rings. The van der Waals surface area contributed by atoms with Crippen LogP contribution in [0.1, 0.15) is 27.7 Å². The van der Waals surface area contributed by atoms with E-state index in [1.165, 1.54) is 0 Å². The van der Waals surface area contributed by atoms with E-state index in [1.54, 1.807) is 6.08 Å². The van der Waals surface area contributed by atoms with E-state index in [9.17, 15) is 4.79 Å². The summed E-state index contributed by atoms with van der Waals surface area (Å²) in [5.74, 6) is -0.230. The van der Waals surface area contributed by atoms with Crippen LogP contribution in [0.2, 0.25) is 11.6 Å². The smallest absolute Gasteiger partial charge is 0.235 e. The second-order valence-corrected chi connectivity index (χ2v) is 8.95. The van der Waals surface area contributed by atoms with Gasteiger partial charge in [-0.05, 0) is 24.6 Å². The molecule has 0 spiro atoms. The zero-order chi connectivity index (χ0) is 13.2. The van der Waals surface area contributed by atoms with Gasteiger partial charge in [-0.2, -0.15) is 0 Å². The summed E-state index contributed by atoms with van der Waals surface area (Å²) < 4.78 is 6.02. The largest absolute Gasteiger partial charge is 0.416 e. The Kier molecular flexibility index (Phi) is 4.52. The van der Waals surface area contributed by atoms with Gasteiger partial charge in [0.25, 0.3) is 0 Å². The maximum atomic E-state index is 11.5. The minimum Gasteiger partial charge on any atom is -0.416 e. The van der Waals surface area contributed by atoms with Gasteiger partial charge in [-0.1, -0.05) is 20.8 Å². The molecule has 1 aliphatic heterocycles. The first-order chi connectivity index (χ1) is 7.77. The molecule has 3 atom stereocenters. The predicted octanol–water partition coefficient (Wildman–Crippen LogP) is 1.17. The summed E-state index contributed by atoms with van der Waals surface area (Å²) in [4.78, 5) is 11.5. The van der Waals surface area contributed by atoms with Gasteiger partial charge in [0, 0.05) is 5.70 Å². The van der Waals surface area contributed by atoms with Crippen LogP contribution in [0.5, 0.6) is 0 Å². The second-order valence-electron chi connectivity index (χ2n) is 5.66. The first-order valence-corrected chi connectivity index (χ1v) is 8.25. The highest BCUT2D eigenvalue weighted by Crippen LogP contribution is 2.31. The Morgan fingerprint density at radius 1 is 1.59 bits per heavy atom. The molecular formula is C12H23NO3Si. The molecule has 1 heterocycles. The molecule has 17 heavy (non-hydrogen) atoms. The van der Waals surface area contributed by atoms with Gasteiger partial charge in [0.15, 0.2) is 9.04 Å². The molecule has 0 radical (unpaired) electrons. The molecule has 0 bridgehead atoms. The minimum absolute atomic E-state index is 0.00712. The molecule has 1 amide bonds. The van der Waals surface area contributed by atoms with Crippen molar-refractivity contribution >= 4 is 14.9 Å². The lowest BCUT2D eigenvalue weighted by molar-refractivity contribution is -0.131. The first kappa shape index (κ1) is 14.4. The van der Waals surface area contributed by atoms with Crippen LogP contribution in [0.3, 0.4) is 0 Å². The van der Waals surface area contributed by atoms with Crippen LogP contribution in [-0.4, -0.2) is 32.8 Å². The van der Waals surface area contributed by atoms with Crippen molar-refractivity contribution < 1.29 is 14.3 Å². The number of amides is 1. The molecule has 98 valence electrons. The average molecular weight is 257 g/mol. The summed E-state index contributed by atoms with van der Waals surface area (Å²) in [6.45, 7) is 10.5. The Balaban J connectivity index is 2.61. The standard InChI is InChI=1S/C12H23NO3Si/c1-8(16-17(5)12(2,3)4)10-9(6-7-14)13-11(10)15/h6,8,10,14,17H,7H2,1-5H3,(H,13,15)/b9-6+/t8-,10-,17?/m1/s1. The SMILES string of the molecule is C[C@@H](O[SiH](C)C(C)(C)C)[C@H]1C(=O)N/C1=C/CO. The van der Waals surface area contributed by atoms with Gasteiger partial charge >= 0.3 is 0 Å². The Labute approximate surface area is 105 Å². The van der Waals surface area contributed by atoms with Crippen LogP contribution < -0.4 is 5.32 Å². The summed E-state index contributed by atoms with van der Waals surface area (Å²) in [5, 5.41) is 11.7. The van der Waals surface area contributed by atoms with Gasteiger partial charge in [-0.25, -0.2) is 0 Å². The van der Waals surface area contributed by atoms with Gasteiger partial charge in [0.1, 0.15) is 5.92 Å². The molecule has 1 saturated heterocycles. The monoisotopic (exact) mass is 257 g/mol. The van der Waals surface area contributed by atoms with Gasteiger partial charge in [-0.3, -0.25) is 4.79 Å². The normalized spacial score (nSPS) is 26.4. The summed E-state index contributed by atoms with van der Waals surface area (Å²) in [5.41, 5.74) is 0.792. The Morgan fingerprint density at radius 3 is 2.59 bits per heavy atom. The number of carbonyl (C=O) groups is 1. The maximum absolute atomic E-state index is 11.5. The number of nitrogens with one attached hydrogen (secondary N) is 1. The fraction of sp³-hybridized carbons (Fsp3) is 0.750. The van der Waals surface area contributed by atoms with Crippen LogP contribution in [0, 0.1) is 5.92 Å². The minimum atomic E-state index is -1.33. The fourth-order valence-electron chi connectivity index (χ4n) is 1.71. The molecule has 0 aromatic rings. The van der Waals surface area contributed by atoms with Crippen molar-refractivity contribution in [2.75, 3.05) is 6.61 Å². The molecule has 1 rings (SSSR count). The van der Waals surface area contributed by atoms with Crippen molar-refractivity contribution in [3.8, 4) is 0 Å². The van der Waals surface area contributed by atoms with Gasteiger partial charge in [0.05, 0.1) is 12.7 Å². The molecule has 2 N–H and O–H groups in total. The lowest BCUT2D eigenvalue weighted by atomic mass is 9.91. The van der Waals surface area contributed by atoms with Crippen molar-refractivity contribution in [2.45, 2.75) is 45.4 Å². The topological polar surface area (TPSA) is 58.6 Å². The summed E-state index contributed by atoms with van der Waals surface area (Å²) in [6, 6.07) is 0. The van der Waals surface area contributed by atoms with Crippen molar-refractivity contribution in [2.24, 2.45) is 5.92 Å². The number of hydrogen-bond acceptors (Lipinski definition) is 3. The highest BCUT2D eigenvalue weighted by molar-refractivity contribution is 6.53. The lowest BCUT2D eigenvalue weighted by Crippen LogP contribution is -2.53. The highest BCUT2D eigenvalue weighted by atomic mass is 28.3. The van der Waals surface area contributed by atoms with E-state index in [1.807, 2.05) is 6.92 Å². The zero-order valence-corrected chi connectivity index (χ0v) is 12.4. The van der Waals surface area contributed by atoms with Gasteiger partial charge in [0.2, 0.25) is 5.91 Å². The van der Waals surface area contributed by atoms with Gasteiger partial charge in [-0.15, -0.1) is 0 Å². The van der Waals surface area contributed by atoms with E-state index in [4.69, 9.17) is 9.53 Å². The molecule has 0 aliphatic carbocycles. The summed E-state index contributed by atoms with van der Waals surface area (Å²) >= 11 is 0. The molecule has 0 aromatic carbocycles. The molecule has 1 aliphatic rings. The Bertz CT molecular complexity index is 322. The van der Waals surface area contributed by atoms with E-state index in [0.717, 1.165) is 5.70 Å². The molecule has 0 saturated carbocycles. The number of carbonyl (C=O) groups excluding carboxylic acids is 1. The van der Waals surface area contributed by atoms with Crippen LogP contribution in [0.15, 0.2) is 11.8 Å². The first-order valence-electron chi connectivity index (χ1n) is 6.04. The Hall–Kier alpha value is -0.653. The van der Waals surface area contributed by atoms with Crippen LogP contribution in [0.25, 0.3) is 0 Å². The number of aliphatic hydroxyl groups excluding tert-OH is 1. The summed E-state index contributed by atoms with van der Waals surface area (Å²) in [7, 11) is -1.33. The molecular weight excluding hydrogens is 234 g/mol. The third-order valence-corrected chi connectivity index (χ3v) is 6.58. The van der Waals surface area contributed by atoms with Crippen molar-refractivity contribution in [3.05, 3.63) is 11.8 Å². The molecule has 0 aromatic heterocycles. The third-order valence-electron chi connectivity index (χ3n) is 3.30. The van der Waals surface area contributed by atoms with Crippen LogP contribution in [-0.2, 0) is 9.22 Å². The van der Waals surface area contributed by atoms with E-state index in [-0.39, 0.29) is 29.6 Å². The molecule has 5 heteroatoms. The van der Waals surface area contributed by atoms with Crippen LogP contribution in [0.4, 0.5) is 0 Å². The fourth-order valence-corrected chi connectivity index (χ4v) is 2.92. The van der Waals surface area contributed by atoms with Crippen molar-refractivity contribution in [3.63, 3.8) is 0 Å². The van der Waals surface area contributed by atoms with E-state index in [0.29, 0.717) is 0 Å². The number of β-lactam (4-membered cyclic amide) rings is 1. The molecule has 4 nitrogen and oxygen atoms in total. The Morgan fingerprint density at radius 2 is 2.18 bits per heavy atom. The number of rotatable bonds is 4. The third kappa shape index (κ3) is 3.40. The van der Waals surface area contributed by atoms with Gasteiger partial charge < -0.3 is 14.8 Å². The quantitative estimate of drug-likeness (QED) is 0.587. The van der Waals surface area contributed by atoms with E-state index >= 15 is 0 Å². The highest BCUT2D eigenvalue weighted by Gasteiger charge is 2.40. The maximum Gasteiger partial charge on any atom is 0.235 e. The van der Waals surface area contributed by atoms with Crippen molar-refractivity contribution in [1.82, 2.24) is 5.32 Å². The number of hydrogen-bond donors (Lipinski definition) is 2. The molecule has 1 unspecified atom stereocenters. The summed E-state index contributed by atoms with van der Waals surface area (Å²) in [6.07, 6.45) is 1.53. The zero-order valence-electron chi connectivity index (χ0n) is 11.3. The van der Waals surface area contributed by atoms with E-state index in [2.05, 4.69) is 32.6 Å². The van der Waals surface area contributed by atoms with Crippen LogP contribution >= 0.6 is 0 Å².